The van der Waals surface area contributed by atoms with Gasteiger partial charge in [-0.2, -0.15) is 5.10 Å². The third-order valence-electron chi connectivity index (χ3n) is 3.83. The van der Waals surface area contributed by atoms with Gasteiger partial charge in [0.2, 0.25) is 0 Å². The van der Waals surface area contributed by atoms with E-state index in [1.165, 1.54) is 29.5 Å². The minimum absolute atomic E-state index is 0.516. The lowest BCUT2D eigenvalue weighted by Crippen LogP contribution is -2.15. The average molecular weight is 285 g/mol. The lowest BCUT2D eigenvalue weighted by atomic mass is 10.1. The maximum Gasteiger partial charge on any atom is 0.132 e. The van der Waals surface area contributed by atoms with Crippen LogP contribution in [0.25, 0.3) is 0 Å². The number of ether oxygens (including phenoxy) is 1. The second-order valence-corrected chi connectivity index (χ2v) is 5.98. The van der Waals surface area contributed by atoms with Crippen molar-refractivity contribution in [3.05, 3.63) is 46.8 Å². The number of aryl methyl sites for hydroxylation is 3. The minimum Gasteiger partial charge on any atom is -0.487 e. The van der Waals surface area contributed by atoms with Crippen LogP contribution in [0.15, 0.2) is 24.4 Å². The number of aromatic nitrogens is 2. The molecule has 2 aromatic rings. The number of hydrogen-bond donors (Lipinski definition) is 1. The summed E-state index contributed by atoms with van der Waals surface area (Å²) in [6.07, 6.45) is 4.58. The summed E-state index contributed by atoms with van der Waals surface area (Å²) in [6.45, 7) is 5.69. The van der Waals surface area contributed by atoms with E-state index in [1.807, 2.05) is 19.3 Å². The molecule has 0 saturated heterocycles. The molecule has 1 N–H and O–H groups in total. The third-order valence-corrected chi connectivity index (χ3v) is 3.83. The van der Waals surface area contributed by atoms with Crippen LogP contribution in [0, 0.1) is 13.8 Å². The van der Waals surface area contributed by atoms with Crippen molar-refractivity contribution >= 4 is 0 Å². The molecule has 1 aromatic heterocycles. The van der Waals surface area contributed by atoms with E-state index in [0.717, 1.165) is 24.0 Å². The van der Waals surface area contributed by atoms with Crippen molar-refractivity contribution in [3.63, 3.8) is 0 Å². The lowest BCUT2D eigenvalue weighted by molar-refractivity contribution is 0.296. The largest absolute Gasteiger partial charge is 0.487 e. The summed E-state index contributed by atoms with van der Waals surface area (Å²) in [6, 6.07) is 7.16. The molecule has 0 spiro atoms. The van der Waals surface area contributed by atoms with Crippen molar-refractivity contribution in [3.8, 4) is 5.75 Å². The van der Waals surface area contributed by atoms with Gasteiger partial charge < -0.3 is 10.1 Å². The smallest absolute Gasteiger partial charge is 0.132 e. The SMILES string of the molecule is Cc1cc(CNC2CC2)cc(C)c1OCc1ccn(C)n1. The predicted octanol–water partition coefficient (Wildman–Crippen LogP) is 2.87. The van der Waals surface area contributed by atoms with E-state index in [0.29, 0.717) is 6.61 Å². The summed E-state index contributed by atoms with van der Waals surface area (Å²) in [5.41, 5.74) is 4.68. The highest BCUT2D eigenvalue weighted by molar-refractivity contribution is 5.43. The Kier molecular flexibility index (Phi) is 3.97. The van der Waals surface area contributed by atoms with Gasteiger partial charge in [0, 0.05) is 25.8 Å². The Bertz CT molecular complexity index is 606. The zero-order valence-corrected chi connectivity index (χ0v) is 13.0. The maximum absolute atomic E-state index is 5.96. The van der Waals surface area contributed by atoms with Crippen LogP contribution in [0.5, 0.6) is 5.75 Å². The molecule has 0 bridgehead atoms. The van der Waals surface area contributed by atoms with Gasteiger partial charge in [0.1, 0.15) is 12.4 Å². The van der Waals surface area contributed by atoms with Gasteiger partial charge in [-0.1, -0.05) is 12.1 Å². The number of rotatable bonds is 6. The second-order valence-electron chi connectivity index (χ2n) is 5.98. The van der Waals surface area contributed by atoms with Crippen LogP contribution in [-0.4, -0.2) is 15.8 Å². The fourth-order valence-electron chi connectivity index (χ4n) is 2.61. The molecule has 1 aliphatic rings. The lowest BCUT2D eigenvalue weighted by Gasteiger charge is -2.14. The molecule has 4 nitrogen and oxygen atoms in total. The Morgan fingerprint density at radius 2 is 2.00 bits per heavy atom. The number of hydrogen-bond acceptors (Lipinski definition) is 3. The van der Waals surface area contributed by atoms with Gasteiger partial charge in [-0.15, -0.1) is 0 Å². The van der Waals surface area contributed by atoms with Crippen molar-refractivity contribution in [2.45, 2.75) is 45.9 Å². The van der Waals surface area contributed by atoms with Crippen molar-refractivity contribution in [2.75, 3.05) is 0 Å². The summed E-state index contributed by atoms with van der Waals surface area (Å²) in [5, 5.41) is 7.89. The molecule has 1 heterocycles. The topological polar surface area (TPSA) is 39.1 Å². The number of nitrogens with one attached hydrogen (secondary N) is 1. The maximum atomic E-state index is 5.96. The van der Waals surface area contributed by atoms with Crippen LogP contribution in [0.2, 0.25) is 0 Å². The standard InChI is InChI=1S/C17H23N3O/c1-12-8-14(10-18-15-4-5-15)9-13(2)17(12)21-11-16-6-7-20(3)19-16/h6-9,15,18H,4-5,10-11H2,1-3H3. The Balaban J connectivity index is 1.66. The highest BCUT2D eigenvalue weighted by atomic mass is 16.5. The molecule has 0 unspecified atom stereocenters. The molecule has 4 heteroatoms. The van der Waals surface area contributed by atoms with Crippen LogP contribution in [0.4, 0.5) is 0 Å². The predicted molar refractivity (Wildman–Crippen MR) is 83.3 cm³/mol. The molecule has 21 heavy (non-hydrogen) atoms. The summed E-state index contributed by atoms with van der Waals surface area (Å²) in [7, 11) is 1.92. The van der Waals surface area contributed by atoms with E-state index in [-0.39, 0.29) is 0 Å². The Morgan fingerprint density at radius 3 is 2.57 bits per heavy atom. The third kappa shape index (κ3) is 3.64. The first-order chi connectivity index (χ1) is 10.1. The van der Waals surface area contributed by atoms with Gasteiger partial charge in [0.15, 0.2) is 0 Å². The molecule has 112 valence electrons. The van der Waals surface area contributed by atoms with Crippen molar-refractivity contribution in [1.82, 2.24) is 15.1 Å². The summed E-state index contributed by atoms with van der Waals surface area (Å²) in [5.74, 6) is 0.982. The molecule has 0 atom stereocenters. The van der Waals surface area contributed by atoms with Gasteiger partial charge in [-0.25, -0.2) is 0 Å². The van der Waals surface area contributed by atoms with Crippen LogP contribution < -0.4 is 10.1 Å². The second kappa shape index (κ2) is 5.90. The first-order valence-electron chi connectivity index (χ1n) is 7.56. The van der Waals surface area contributed by atoms with Crippen LogP contribution >= 0.6 is 0 Å². The monoisotopic (exact) mass is 285 g/mol. The first kappa shape index (κ1) is 14.1. The Labute approximate surface area is 126 Å². The normalized spacial score (nSPS) is 14.4. The van der Waals surface area contributed by atoms with Crippen molar-refractivity contribution < 1.29 is 4.74 Å². The molecule has 1 saturated carbocycles. The van der Waals surface area contributed by atoms with E-state index in [9.17, 15) is 0 Å². The number of nitrogens with zero attached hydrogens (tertiary/aromatic N) is 2. The van der Waals surface area contributed by atoms with E-state index < -0.39 is 0 Å². The van der Waals surface area contributed by atoms with Gasteiger partial charge in [-0.05, 0) is 49.4 Å². The average Bonchev–Trinajstić information content (AvgIpc) is 3.17. The van der Waals surface area contributed by atoms with Gasteiger partial charge in [0.05, 0.1) is 5.69 Å². The zero-order chi connectivity index (χ0) is 14.8. The fourth-order valence-corrected chi connectivity index (χ4v) is 2.61. The van der Waals surface area contributed by atoms with E-state index in [2.05, 4.69) is 36.4 Å². The molecular weight excluding hydrogens is 262 g/mol. The molecule has 1 aromatic carbocycles. The molecule has 0 aliphatic heterocycles. The molecule has 0 amide bonds. The fraction of sp³-hybridized carbons (Fsp3) is 0.471. The summed E-state index contributed by atoms with van der Waals surface area (Å²) in [4.78, 5) is 0. The number of benzene rings is 1. The van der Waals surface area contributed by atoms with E-state index >= 15 is 0 Å². The van der Waals surface area contributed by atoms with Gasteiger partial charge in [-0.3, -0.25) is 4.68 Å². The Hall–Kier alpha value is -1.81. The molecule has 1 fully saturated rings. The van der Waals surface area contributed by atoms with Crippen LogP contribution in [0.1, 0.15) is 35.2 Å². The summed E-state index contributed by atoms with van der Waals surface area (Å²) < 4.78 is 7.76. The van der Waals surface area contributed by atoms with E-state index in [4.69, 9.17) is 4.74 Å². The highest BCUT2D eigenvalue weighted by Crippen LogP contribution is 2.26. The minimum atomic E-state index is 0.516. The molecule has 1 aliphatic carbocycles. The van der Waals surface area contributed by atoms with Crippen LogP contribution in [0.3, 0.4) is 0 Å². The summed E-state index contributed by atoms with van der Waals surface area (Å²) >= 11 is 0. The quantitative estimate of drug-likeness (QED) is 0.887. The highest BCUT2D eigenvalue weighted by Gasteiger charge is 2.20. The first-order valence-corrected chi connectivity index (χ1v) is 7.56. The van der Waals surface area contributed by atoms with Crippen molar-refractivity contribution in [1.29, 1.82) is 0 Å². The van der Waals surface area contributed by atoms with Gasteiger partial charge in [0.25, 0.3) is 0 Å². The van der Waals surface area contributed by atoms with Gasteiger partial charge >= 0.3 is 0 Å². The Morgan fingerprint density at radius 1 is 1.29 bits per heavy atom. The molecular formula is C17H23N3O. The molecule has 0 radical (unpaired) electrons. The zero-order valence-electron chi connectivity index (χ0n) is 13.0. The van der Waals surface area contributed by atoms with Crippen molar-refractivity contribution in [2.24, 2.45) is 7.05 Å². The molecule has 3 rings (SSSR count). The van der Waals surface area contributed by atoms with E-state index in [1.54, 1.807) is 4.68 Å². The van der Waals surface area contributed by atoms with Crippen LogP contribution in [-0.2, 0) is 20.2 Å².